The lowest BCUT2D eigenvalue weighted by atomic mass is 10.0. The fourth-order valence-electron chi connectivity index (χ4n) is 2.04. The van der Waals surface area contributed by atoms with Crippen LogP contribution in [-0.2, 0) is 4.79 Å². The van der Waals surface area contributed by atoms with Gasteiger partial charge in [-0.25, -0.2) is 9.18 Å². The predicted molar refractivity (Wildman–Crippen MR) is 63.0 cm³/mol. The van der Waals surface area contributed by atoms with Crippen LogP contribution in [0, 0.1) is 5.82 Å². The number of aliphatic carboxylic acids is 1. The molecular weight excluding hydrogens is 221 g/mol. The molecule has 0 saturated carbocycles. The number of rotatable bonds is 3. The van der Waals surface area contributed by atoms with Gasteiger partial charge in [0.1, 0.15) is 5.82 Å². The number of carboxylic acids is 1. The summed E-state index contributed by atoms with van der Waals surface area (Å²) in [6.07, 6.45) is 4.39. The quantitative estimate of drug-likeness (QED) is 0.791. The van der Waals surface area contributed by atoms with Gasteiger partial charge in [-0.05, 0) is 43.2 Å². The van der Waals surface area contributed by atoms with Gasteiger partial charge in [-0.15, -0.1) is 0 Å². The standard InChI is InChI=1S/C13H14FNO2/c14-11-5-3-10(12-2-1-7-15-12)8-9(11)4-6-13(16)17/h3-6,8,12,15H,1-2,7H2,(H,16,17)/b6-4+/t12-/m1/s1. The summed E-state index contributed by atoms with van der Waals surface area (Å²) in [5, 5.41) is 11.8. The lowest BCUT2D eigenvalue weighted by molar-refractivity contribution is -0.131. The summed E-state index contributed by atoms with van der Waals surface area (Å²) < 4.78 is 13.4. The fraction of sp³-hybridized carbons (Fsp3) is 0.308. The largest absolute Gasteiger partial charge is 0.478 e. The van der Waals surface area contributed by atoms with E-state index in [1.54, 1.807) is 12.1 Å². The Bertz CT molecular complexity index is 451. The summed E-state index contributed by atoms with van der Waals surface area (Å²) >= 11 is 0. The minimum atomic E-state index is -1.08. The van der Waals surface area contributed by atoms with Gasteiger partial charge in [0.2, 0.25) is 0 Å². The number of carbonyl (C=O) groups is 1. The molecule has 0 bridgehead atoms. The number of nitrogens with one attached hydrogen (secondary N) is 1. The van der Waals surface area contributed by atoms with Crippen molar-refractivity contribution in [2.75, 3.05) is 6.54 Å². The fourth-order valence-corrected chi connectivity index (χ4v) is 2.04. The van der Waals surface area contributed by atoms with E-state index < -0.39 is 11.8 Å². The van der Waals surface area contributed by atoms with Crippen molar-refractivity contribution >= 4 is 12.0 Å². The van der Waals surface area contributed by atoms with E-state index in [0.29, 0.717) is 5.56 Å². The van der Waals surface area contributed by atoms with E-state index in [1.165, 1.54) is 12.1 Å². The summed E-state index contributed by atoms with van der Waals surface area (Å²) in [6, 6.07) is 5.10. The van der Waals surface area contributed by atoms with Crippen LogP contribution >= 0.6 is 0 Å². The molecule has 1 aliphatic heterocycles. The summed E-state index contributed by atoms with van der Waals surface area (Å²) in [7, 11) is 0. The van der Waals surface area contributed by atoms with Crippen LogP contribution in [0.15, 0.2) is 24.3 Å². The van der Waals surface area contributed by atoms with Gasteiger partial charge < -0.3 is 10.4 Å². The van der Waals surface area contributed by atoms with Crippen LogP contribution in [0.25, 0.3) is 6.08 Å². The average molecular weight is 235 g/mol. The van der Waals surface area contributed by atoms with E-state index >= 15 is 0 Å². The molecule has 0 amide bonds. The van der Waals surface area contributed by atoms with Gasteiger partial charge in [0.05, 0.1) is 0 Å². The van der Waals surface area contributed by atoms with Gasteiger partial charge in [-0.1, -0.05) is 6.07 Å². The maximum atomic E-state index is 13.4. The maximum absolute atomic E-state index is 13.4. The molecule has 3 nitrogen and oxygen atoms in total. The Labute approximate surface area is 99.0 Å². The zero-order valence-electron chi connectivity index (χ0n) is 9.32. The Morgan fingerprint density at radius 2 is 2.35 bits per heavy atom. The maximum Gasteiger partial charge on any atom is 0.328 e. The Balaban J connectivity index is 2.25. The van der Waals surface area contributed by atoms with Crippen LogP contribution in [0.5, 0.6) is 0 Å². The summed E-state index contributed by atoms with van der Waals surface area (Å²) in [6.45, 7) is 0.975. The molecular formula is C13H14FNO2. The van der Waals surface area contributed by atoms with E-state index in [2.05, 4.69) is 5.32 Å². The lowest BCUT2D eigenvalue weighted by Gasteiger charge is -2.11. The molecule has 2 N–H and O–H groups in total. The molecule has 0 aliphatic carbocycles. The van der Waals surface area contributed by atoms with E-state index in [4.69, 9.17) is 5.11 Å². The van der Waals surface area contributed by atoms with Crippen molar-refractivity contribution in [3.63, 3.8) is 0 Å². The summed E-state index contributed by atoms with van der Waals surface area (Å²) in [5.74, 6) is -1.47. The van der Waals surface area contributed by atoms with Crippen LogP contribution in [0.1, 0.15) is 30.0 Å². The molecule has 1 atom stereocenters. The highest BCUT2D eigenvalue weighted by Gasteiger charge is 2.16. The molecule has 2 rings (SSSR count). The molecule has 0 aromatic heterocycles. The smallest absolute Gasteiger partial charge is 0.328 e. The van der Waals surface area contributed by atoms with Crippen LogP contribution in [0.2, 0.25) is 0 Å². The second-order valence-corrected chi connectivity index (χ2v) is 4.10. The topological polar surface area (TPSA) is 49.3 Å². The van der Waals surface area contributed by atoms with Gasteiger partial charge in [0, 0.05) is 17.7 Å². The van der Waals surface area contributed by atoms with Gasteiger partial charge in [0.15, 0.2) is 0 Å². The SMILES string of the molecule is O=C(O)/C=C/c1cc([C@H]2CCCN2)ccc1F. The molecule has 90 valence electrons. The minimum absolute atomic E-state index is 0.257. The van der Waals surface area contributed by atoms with Crippen LogP contribution in [0.3, 0.4) is 0 Å². The molecule has 0 spiro atoms. The molecule has 1 fully saturated rings. The van der Waals surface area contributed by atoms with E-state index in [9.17, 15) is 9.18 Å². The molecule has 1 heterocycles. The first-order valence-corrected chi connectivity index (χ1v) is 5.60. The van der Waals surface area contributed by atoms with Crippen molar-refractivity contribution in [2.24, 2.45) is 0 Å². The highest BCUT2D eigenvalue weighted by Crippen LogP contribution is 2.25. The van der Waals surface area contributed by atoms with E-state index in [1.807, 2.05) is 0 Å². The minimum Gasteiger partial charge on any atom is -0.478 e. The Hall–Kier alpha value is -1.68. The van der Waals surface area contributed by atoms with Crippen molar-refractivity contribution in [3.8, 4) is 0 Å². The number of carboxylic acid groups (broad SMARTS) is 1. The third-order valence-corrected chi connectivity index (χ3v) is 2.89. The van der Waals surface area contributed by atoms with Crippen LogP contribution in [-0.4, -0.2) is 17.6 Å². The zero-order valence-corrected chi connectivity index (χ0v) is 9.32. The predicted octanol–water partition coefficient (Wildman–Crippen LogP) is 2.35. The highest BCUT2D eigenvalue weighted by molar-refractivity contribution is 5.85. The Kier molecular flexibility index (Phi) is 3.54. The van der Waals surface area contributed by atoms with Crippen molar-refractivity contribution < 1.29 is 14.3 Å². The zero-order chi connectivity index (χ0) is 12.3. The third kappa shape index (κ3) is 2.91. The second-order valence-electron chi connectivity index (χ2n) is 4.10. The van der Waals surface area contributed by atoms with Crippen molar-refractivity contribution in [1.82, 2.24) is 5.32 Å². The van der Waals surface area contributed by atoms with Gasteiger partial charge in [0.25, 0.3) is 0 Å². The molecule has 17 heavy (non-hydrogen) atoms. The summed E-state index contributed by atoms with van der Waals surface area (Å²) in [5.41, 5.74) is 1.33. The van der Waals surface area contributed by atoms with Crippen LogP contribution in [0.4, 0.5) is 4.39 Å². The number of halogens is 1. The first-order chi connectivity index (χ1) is 8.16. The molecule has 0 radical (unpaired) electrons. The van der Waals surface area contributed by atoms with E-state index in [-0.39, 0.29) is 6.04 Å². The first-order valence-electron chi connectivity index (χ1n) is 5.60. The van der Waals surface area contributed by atoms with Crippen LogP contribution < -0.4 is 5.32 Å². The molecule has 4 heteroatoms. The Morgan fingerprint density at radius 3 is 3.00 bits per heavy atom. The van der Waals surface area contributed by atoms with Gasteiger partial charge >= 0.3 is 5.97 Å². The molecule has 1 aromatic rings. The molecule has 0 unspecified atom stereocenters. The molecule has 1 aromatic carbocycles. The molecule has 1 aliphatic rings. The van der Waals surface area contributed by atoms with E-state index in [0.717, 1.165) is 31.0 Å². The highest BCUT2D eigenvalue weighted by atomic mass is 19.1. The number of hydrogen-bond acceptors (Lipinski definition) is 2. The average Bonchev–Trinajstić information content (AvgIpc) is 2.81. The monoisotopic (exact) mass is 235 g/mol. The van der Waals surface area contributed by atoms with Gasteiger partial charge in [-0.3, -0.25) is 0 Å². The summed E-state index contributed by atoms with van der Waals surface area (Å²) in [4.78, 5) is 10.4. The van der Waals surface area contributed by atoms with Crippen molar-refractivity contribution in [3.05, 3.63) is 41.2 Å². The lowest BCUT2D eigenvalue weighted by Crippen LogP contribution is -2.12. The first kappa shape index (κ1) is 11.8. The second kappa shape index (κ2) is 5.10. The molecule has 1 saturated heterocycles. The Morgan fingerprint density at radius 1 is 1.53 bits per heavy atom. The number of benzene rings is 1. The van der Waals surface area contributed by atoms with Crippen molar-refractivity contribution in [1.29, 1.82) is 0 Å². The normalized spacial score (nSPS) is 19.9. The number of hydrogen-bond donors (Lipinski definition) is 2. The van der Waals surface area contributed by atoms with Crippen molar-refractivity contribution in [2.45, 2.75) is 18.9 Å². The van der Waals surface area contributed by atoms with Gasteiger partial charge in [-0.2, -0.15) is 0 Å². The third-order valence-electron chi connectivity index (χ3n) is 2.89.